The third kappa shape index (κ3) is 2.68. The van der Waals surface area contributed by atoms with Crippen molar-refractivity contribution in [2.45, 2.75) is 0 Å². The van der Waals surface area contributed by atoms with E-state index in [0.717, 1.165) is 4.47 Å². The van der Waals surface area contributed by atoms with E-state index in [-0.39, 0.29) is 5.91 Å². The van der Waals surface area contributed by atoms with Crippen LogP contribution in [0.5, 0.6) is 0 Å². The fourth-order valence-corrected chi connectivity index (χ4v) is 1.75. The molecule has 1 N–H and O–H groups in total. The molecule has 1 aromatic heterocycles. The minimum Gasteiger partial charge on any atom is -0.307 e. The van der Waals surface area contributed by atoms with Gasteiger partial charge in [-0.15, -0.1) is 0 Å². The topological polar surface area (TPSA) is 46.9 Å². The van der Waals surface area contributed by atoms with Crippen LogP contribution in [0.25, 0.3) is 0 Å². The number of carbonyl (C=O) groups is 1. The molecule has 0 aliphatic rings. The lowest BCUT2D eigenvalue weighted by atomic mass is 10.2. The molecule has 0 saturated heterocycles. The van der Waals surface area contributed by atoms with Crippen LogP contribution in [0.1, 0.15) is 10.4 Å². The van der Waals surface area contributed by atoms with Crippen molar-refractivity contribution in [3.05, 3.63) is 45.5 Å². The van der Waals surface area contributed by atoms with E-state index in [9.17, 15) is 4.79 Å². The number of rotatable bonds is 2. The maximum Gasteiger partial charge on any atom is 0.256 e. The maximum atomic E-state index is 11.9. The molecule has 88 valence electrons. The fourth-order valence-electron chi connectivity index (χ4n) is 1.32. The van der Waals surface area contributed by atoms with Crippen LogP contribution in [0.2, 0.25) is 5.02 Å². The lowest BCUT2D eigenvalue weighted by Gasteiger charge is -2.06. The average Bonchev–Trinajstić information content (AvgIpc) is 2.68. The van der Waals surface area contributed by atoms with Gasteiger partial charge < -0.3 is 5.32 Å². The van der Waals surface area contributed by atoms with Crippen LogP contribution < -0.4 is 5.32 Å². The highest BCUT2D eigenvalue weighted by atomic mass is 79.9. The number of nitrogens with one attached hydrogen (secondary N) is 1. The number of aryl methyl sites for hydroxylation is 1. The van der Waals surface area contributed by atoms with Crippen molar-refractivity contribution >= 4 is 39.3 Å². The van der Waals surface area contributed by atoms with Crippen molar-refractivity contribution in [1.82, 2.24) is 9.78 Å². The van der Waals surface area contributed by atoms with E-state index in [2.05, 4.69) is 26.3 Å². The van der Waals surface area contributed by atoms with Crippen molar-refractivity contribution in [2.24, 2.45) is 7.05 Å². The average molecular weight is 315 g/mol. The number of hydrogen-bond acceptors (Lipinski definition) is 2. The minimum absolute atomic E-state index is 0.219. The molecule has 0 fully saturated rings. The van der Waals surface area contributed by atoms with Crippen LogP contribution in [0.3, 0.4) is 0 Å². The molecular weight excluding hydrogens is 305 g/mol. The smallest absolute Gasteiger partial charge is 0.256 e. The van der Waals surface area contributed by atoms with E-state index < -0.39 is 0 Å². The Morgan fingerprint density at radius 1 is 1.47 bits per heavy atom. The summed E-state index contributed by atoms with van der Waals surface area (Å²) in [5.74, 6) is 0.414. The van der Waals surface area contributed by atoms with E-state index in [1.54, 1.807) is 42.2 Å². The summed E-state index contributed by atoms with van der Waals surface area (Å²) < 4.78 is 2.34. The predicted octanol–water partition coefficient (Wildman–Crippen LogP) is 3.09. The van der Waals surface area contributed by atoms with Gasteiger partial charge in [-0.2, -0.15) is 5.10 Å². The Hall–Kier alpha value is -1.33. The van der Waals surface area contributed by atoms with E-state index in [1.807, 2.05) is 0 Å². The van der Waals surface area contributed by atoms with Gasteiger partial charge in [-0.3, -0.25) is 9.48 Å². The SMILES string of the molecule is Cn1nccc1NC(=O)c1ccc(Br)c(Cl)c1. The normalized spacial score (nSPS) is 10.3. The first kappa shape index (κ1) is 12.1. The van der Waals surface area contributed by atoms with Gasteiger partial charge in [-0.25, -0.2) is 0 Å². The molecule has 2 rings (SSSR count). The number of anilines is 1. The zero-order chi connectivity index (χ0) is 12.4. The molecular formula is C11H9BrClN3O. The van der Waals surface area contributed by atoms with Crippen molar-refractivity contribution in [1.29, 1.82) is 0 Å². The molecule has 1 aromatic carbocycles. The van der Waals surface area contributed by atoms with Crippen LogP contribution >= 0.6 is 27.5 Å². The third-order valence-electron chi connectivity index (χ3n) is 2.24. The molecule has 0 unspecified atom stereocenters. The quantitative estimate of drug-likeness (QED) is 0.926. The van der Waals surface area contributed by atoms with Gasteiger partial charge >= 0.3 is 0 Å². The molecule has 6 heteroatoms. The lowest BCUT2D eigenvalue weighted by Crippen LogP contribution is -2.14. The summed E-state index contributed by atoms with van der Waals surface area (Å²) in [6.07, 6.45) is 1.62. The molecule has 0 radical (unpaired) electrons. The first-order valence-electron chi connectivity index (χ1n) is 4.82. The number of carbonyl (C=O) groups excluding carboxylic acids is 1. The highest BCUT2D eigenvalue weighted by molar-refractivity contribution is 9.10. The summed E-state index contributed by atoms with van der Waals surface area (Å²) in [6, 6.07) is 6.76. The monoisotopic (exact) mass is 313 g/mol. The van der Waals surface area contributed by atoms with Gasteiger partial charge in [0.1, 0.15) is 5.82 Å². The summed E-state index contributed by atoms with van der Waals surface area (Å²) in [5, 5.41) is 7.21. The predicted molar refractivity (Wildman–Crippen MR) is 70.3 cm³/mol. The highest BCUT2D eigenvalue weighted by Gasteiger charge is 2.09. The number of nitrogens with zero attached hydrogens (tertiary/aromatic N) is 2. The molecule has 0 saturated carbocycles. The van der Waals surface area contributed by atoms with Crippen LogP contribution in [-0.2, 0) is 7.05 Å². The number of benzene rings is 1. The molecule has 17 heavy (non-hydrogen) atoms. The molecule has 0 aliphatic heterocycles. The number of aromatic nitrogens is 2. The molecule has 2 aromatic rings. The second-order valence-corrected chi connectivity index (χ2v) is 4.68. The van der Waals surface area contributed by atoms with Crippen LogP contribution in [0.4, 0.5) is 5.82 Å². The summed E-state index contributed by atoms with van der Waals surface area (Å²) in [5.41, 5.74) is 0.499. The van der Waals surface area contributed by atoms with Gasteiger partial charge in [0.15, 0.2) is 0 Å². The molecule has 4 nitrogen and oxygen atoms in total. The van der Waals surface area contributed by atoms with Gasteiger partial charge in [-0.1, -0.05) is 11.6 Å². The molecule has 1 amide bonds. The van der Waals surface area contributed by atoms with Crippen molar-refractivity contribution in [2.75, 3.05) is 5.32 Å². The molecule has 0 spiro atoms. The Morgan fingerprint density at radius 2 is 2.24 bits per heavy atom. The van der Waals surface area contributed by atoms with Gasteiger partial charge in [0.25, 0.3) is 5.91 Å². The Kier molecular flexibility index (Phi) is 3.49. The van der Waals surface area contributed by atoms with Gasteiger partial charge in [0.05, 0.1) is 11.2 Å². The largest absolute Gasteiger partial charge is 0.307 e. The maximum absolute atomic E-state index is 11.9. The van der Waals surface area contributed by atoms with Gasteiger partial charge in [-0.05, 0) is 34.1 Å². The molecule has 0 aliphatic carbocycles. The summed E-state index contributed by atoms with van der Waals surface area (Å²) >= 11 is 9.20. The highest BCUT2D eigenvalue weighted by Crippen LogP contribution is 2.23. The Bertz CT molecular complexity index is 568. The standard InChI is InChI=1S/C11H9BrClN3O/c1-16-10(4-5-14-16)15-11(17)7-2-3-8(12)9(13)6-7/h2-6H,1H3,(H,15,17). The Labute approximate surface area is 112 Å². The van der Waals surface area contributed by atoms with E-state index in [0.29, 0.717) is 16.4 Å². The van der Waals surface area contributed by atoms with Crippen LogP contribution in [0.15, 0.2) is 34.9 Å². The third-order valence-corrected chi connectivity index (χ3v) is 3.48. The number of amides is 1. The summed E-state index contributed by atoms with van der Waals surface area (Å²) in [6.45, 7) is 0. The van der Waals surface area contributed by atoms with Crippen molar-refractivity contribution in [3.8, 4) is 0 Å². The first-order valence-corrected chi connectivity index (χ1v) is 5.99. The van der Waals surface area contributed by atoms with Crippen LogP contribution in [-0.4, -0.2) is 15.7 Å². The van der Waals surface area contributed by atoms with Crippen LogP contribution in [0, 0.1) is 0 Å². The summed E-state index contributed by atoms with van der Waals surface area (Å²) in [4.78, 5) is 11.9. The lowest BCUT2D eigenvalue weighted by molar-refractivity contribution is 0.102. The van der Waals surface area contributed by atoms with Gasteiger partial charge in [0.2, 0.25) is 0 Å². The Balaban J connectivity index is 2.20. The second kappa shape index (κ2) is 4.89. The van der Waals surface area contributed by atoms with Crippen molar-refractivity contribution in [3.63, 3.8) is 0 Å². The minimum atomic E-state index is -0.219. The van der Waals surface area contributed by atoms with Crippen molar-refractivity contribution < 1.29 is 4.79 Å². The first-order chi connectivity index (χ1) is 8.08. The summed E-state index contributed by atoms with van der Waals surface area (Å²) in [7, 11) is 1.75. The van der Waals surface area contributed by atoms with E-state index in [4.69, 9.17) is 11.6 Å². The second-order valence-electron chi connectivity index (χ2n) is 3.42. The molecule has 0 atom stereocenters. The Morgan fingerprint density at radius 3 is 2.82 bits per heavy atom. The zero-order valence-corrected chi connectivity index (χ0v) is 11.3. The van der Waals surface area contributed by atoms with Gasteiger partial charge in [0, 0.05) is 23.2 Å². The number of halogens is 2. The van der Waals surface area contributed by atoms with E-state index >= 15 is 0 Å². The molecule has 0 bridgehead atoms. The molecule has 1 heterocycles. The fraction of sp³-hybridized carbons (Fsp3) is 0.0909. The van der Waals surface area contributed by atoms with E-state index in [1.165, 1.54) is 0 Å². The zero-order valence-electron chi connectivity index (χ0n) is 8.95. The number of hydrogen-bond donors (Lipinski definition) is 1.